The fraction of sp³-hybridized carbons (Fsp3) is 0.918. The Kier molecular flexibility index (Phi) is 67.4. The molecule has 79 heavy (non-hydrogen) atoms. The number of esters is 1. The number of carbonyl (C=O) groups excluding carboxylic acids is 2. The van der Waals surface area contributed by atoms with E-state index in [1.165, 1.54) is 327 Å². The predicted octanol–water partition coefficient (Wildman–Crippen LogP) is 23.3. The number of carbonyl (C=O) groups is 2. The molecule has 0 saturated heterocycles. The standard InChI is InChI=1S/C73H141NO5/c1-3-5-7-9-11-13-15-17-19-21-22-23-27-30-34-37-41-45-49-53-57-61-65-71(76)70(69-75)74-72(77)66-62-58-54-50-46-42-38-35-31-28-25-24-26-29-32-36-40-44-48-52-56-60-64-68-79-73(78)67-63-59-55-51-47-43-39-33-20-18-16-14-12-10-8-6-4-2/h18,20,28,31,70-71,75-76H,3-17,19,21-27,29-30,32-69H2,1-2H3,(H,74,77)/b20-18-,31-28-. The quantitative estimate of drug-likeness (QED) is 0.0320. The molecule has 0 aliphatic carbocycles. The van der Waals surface area contributed by atoms with E-state index in [1.54, 1.807) is 0 Å². The largest absolute Gasteiger partial charge is 0.466 e. The minimum Gasteiger partial charge on any atom is -0.466 e. The number of amides is 1. The monoisotopic (exact) mass is 1110 g/mol. The van der Waals surface area contributed by atoms with Gasteiger partial charge in [0.2, 0.25) is 5.91 Å². The second-order valence-electron chi connectivity index (χ2n) is 24.9. The Morgan fingerprint density at radius 1 is 0.342 bits per heavy atom. The summed E-state index contributed by atoms with van der Waals surface area (Å²) < 4.78 is 5.50. The van der Waals surface area contributed by atoms with Crippen molar-refractivity contribution in [2.24, 2.45) is 0 Å². The van der Waals surface area contributed by atoms with Gasteiger partial charge >= 0.3 is 5.97 Å². The minimum atomic E-state index is -0.669. The normalized spacial score (nSPS) is 12.6. The van der Waals surface area contributed by atoms with Crippen molar-refractivity contribution in [3.8, 4) is 0 Å². The highest BCUT2D eigenvalue weighted by molar-refractivity contribution is 5.76. The number of ether oxygens (including phenoxy) is 1. The van der Waals surface area contributed by atoms with Gasteiger partial charge in [0.25, 0.3) is 0 Å². The number of nitrogens with one attached hydrogen (secondary N) is 1. The number of aliphatic hydroxyl groups excluding tert-OH is 2. The smallest absolute Gasteiger partial charge is 0.305 e. The topological polar surface area (TPSA) is 95.9 Å². The molecule has 468 valence electrons. The molecule has 0 bridgehead atoms. The zero-order valence-corrected chi connectivity index (χ0v) is 53.6. The molecule has 0 radical (unpaired) electrons. The molecular formula is C73H141NO5. The average molecular weight is 1110 g/mol. The molecule has 3 N–H and O–H groups in total. The van der Waals surface area contributed by atoms with Crippen molar-refractivity contribution < 1.29 is 24.5 Å². The fourth-order valence-electron chi connectivity index (χ4n) is 11.5. The average Bonchev–Trinajstić information content (AvgIpc) is 3.45. The zero-order chi connectivity index (χ0) is 57.1. The van der Waals surface area contributed by atoms with Crippen molar-refractivity contribution in [1.29, 1.82) is 0 Å². The highest BCUT2D eigenvalue weighted by atomic mass is 16.5. The van der Waals surface area contributed by atoms with Gasteiger partial charge in [-0.15, -0.1) is 0 Å². The highest BCUT2D eigenvalue weighted by Crippen LogP contribution is 2.19. The molecule has 1 amide bonds. The first-order valence-electron chi connectivity index (χ1n) is 36.1. The summed E-state index contributed by atoms with van der Waals surface area (Å²) in [4.78, 5) is 24.6. The van der Waals surface area contributed by atoms with Crippen LogP contribution in [-0.2, 0) is 14.3 Å². The molecule has 0 heterocycles. The van der Waals surface area contributed by atoms with E-state index in [-0.39, 0.29) is 18.5 Å². The first-order valence-corrected chi connectivity index (χ1v) is 36.1. The third-order valence-corrected chi connectivity index (χ3v) is 17.0. The maximum Gasteiger partial charge on any atom is 0.305 e. The molecule has 2 atom stereocenters. The van der Waals surface area contributed by atoms with Crippen LogP contribution in [-0.4, -0.2) is 47.4 Å². The van der Waals surface area contributed by atoms with Crippen LogP contribution < -0.4 is 5.32 Å². The van der Waals surface area contributed by atoms with Crippen molar-refractivity contribution >= 4 is 11.9 Å². The second kappa shape index (κ2) is 68.8. The van der Waals surface area contributed by atoms with Gasteiger partial charge in [-0.05, 0) is 77.0 Å². The third-order valence-electron chi connectivity index (χ3n) is 17.0. The number of unbranched alkanes of at least 4 members (excludes halogenated alkanes) is 53. The Hall–Kier alpha value is -1.66. The second-order valence-corrected chi connectivity index (χ2v) is 24.9. The summed E-state index contributed by atoms with van der Waals surface area (Å²) in [5.74, 6) is -0.0276. The van der Waals surface area contributed by atoms with Crippen LogP contribution in [0.15, 0.2) is 24.3 Å². The molecule has 2 unspecified atom stereocenters. The van der Waals surface area contributed by atoms with Gasteiger partial charge in [0, 0.05) is 12.8 Å². The Balaban J connectivity index is 3.40. The third kappa shape index (κ3) is 65.4. The van der Waals surface area contributed by atoms with Gasteiger partial charge in [-0.1, -0.05) is 340 Å². The molecule has 0 aliphatic heterocycles. The van der Waals surface area contributed by atoms with E-state index in [9.17, 15) is 19.8 Å². The number of hydrogen-bond acceptors (Lipinski definition) is 5. The van der Waals surface area contributed by atoms with Gasteiger partial charge in [0.15, 0.2) is 0 Å². The molecule has 0 saturated carbocycles. The summed E-state index contributed by atoms with van der Waals surface area (Å²) >= 11 is 0. The summed E-state index contributed by atoms with van der Waals surface area (Å²) in [5.41, 5.74) is 0. The molecule has 0 aliphatic rings. The molecule has 6 heteroatoms. The van der Waals surface area contributed by atoms with Gasteiger partial charge in [0.1, 0.15) is 0 Å². The van der Waals surface area contributed by atoms with Gasteiger partial charge in [-0.25, -0.2) is 0 Å². The van der Waals surface area contributed by atoms with Gasteiger partial charge in [-0.3, -0.25) is 9.59 Å². The summed E-state index contributed by atoms with van der Waals surface area (Å²) in [6.07, 6.45) is 86.5. The lowest BCUT2D eigenvalue weighted by Gasteiger charge is -2.22. The van der Waals surface area contributed by atoms with Gasteiger partial charge in [0.05, 0.1) is 25.4 Å². The molecule has 0 rings (SSSR count). The van der Waals surface area contributed by atoms with Crippen molar-refractivity contribution in [2.75, 3.05) is 13.2 Å². The van der Waals surface area contributed by atoms with Crippen LogP contribution in [0.25, 0.3) is 0 Å². The van der Waals surface area contributed by atoms with Gasteiger partial charge < -0.3 is 20.3 Å². The lowest BCUT2D eigenvalue weighted by atomic mass is 10.0. The molecule has 0 aromatic heterocycles. The molecule has 0 aromatic rings. The molecule has 0 fully saturated rings. The van der Waals surface area contributed by atoms with Crippen LogP contribution in [0, 0.1) is 0 Å². The van der Waals surface area contributed by atoms with Crippen LogP contribution in [0.3, 0.4) is 0 Å². The van der Waals surface area contributed by atoms with Crippen molar-refractivity contribution in [2.45, 2.75) is 418 Å². The van der Waals surface area contributed by atoms with E-state index < -0.39 is 12.1 Å². The number of allylic oxidation sites excluding steroid dienone is 4. The lowest BCUT2D eigenvalue weighted by molar-refractivity contribution is -0.143. The van der Waals surface area contributed by atoms with Crippen LogP contribution in [0.1, 0.15) is 406 Å². The van der Waals surface area contributed by atoms with Crippen molar-refractivity contribution in [3.05, 3.63) is 24.3 Å². The van der Waals surface area contributed by atoms with Crippen LogP contribution >= 0.6 is 0 Å². The molecule has 6 nitrogen and oxygen atoms in total. The van der Waals surface area contributed by atoms with E-state index in [4.69, 9.17) is 4.74 Å². The number of aliphatic hydroxyl groups is 2. The number of hydrogen-bond donors (Lipinski definition) is 3. The van der Waals surface area contributed by atoms with Crippen molar-refractivity contribution in [1.82, 2.24) is 5.32 Å². The van der Waals surface area contributed by atoms with Crippen LogP contribution in [0.2, 0.25) is 0 Å². The SMILES string of the molecule is CCCCCCCC/C=C\CCCCCCCCCC(=O)OCCCCCCCCCCCCCC/C=C\CCCCCCCCCC(=O)NC(CO)C(O)CCCCCCCCCCCCCCCCCCCCCCCC. The first-order chi connectivity index (χ1) is 39.0. The maximum absolute atomic E-state index is 12.5. The minimum absolute atomic E-state index is 0.00921. The summed E-state index contributed by atoms with van der Waals surface area (Å²) in [5, 5.41) is 23.4. The maximum atomic E-state index is 12.5. The zero-order valence-electron chi connectivity index (χ0n) is 53.6. The fourth-order valence-corrected chi connectivity index (χ4v) is 11.5. The highest BCUT2D eigenvalue weighted by Gasteiger charge is 2.20. The van der Waals surface area contributed by atoms with E-state index in [2.05, 4.69) is 43.5 Å². The summed E-state index contributed by atoms with van der Waals surface area (Å²) in [6.45, 7) is 4.98. The Bertz CT molecular complexity index is 1230. The predicted molar refractivity (Wildman–Crippen MR) is 347 cm³/mol. The molecule has 0 aromatic carbocycles. The van der Waals surface area contributed by atoms with E-state index >= 15 is 0 Å². The molecule has 0 spiro atoms. The van der Waals surface area contributed by atoms with Crippen LogP contribution in [0.4, 0.5) is 0 Å². The summed E-state index contributed by atoms with van der Waals surface area (Å²) in [6, 6.07) is -0.547. The number of rotatable bonds is 68. The van der Waals surface area contributed by atoms with Gasteiger partial charge in [-0.2, -0.15) is 0 Å². The Morgan fingerprint density at radius 2 is 0.595 bits per heavy atom. The van der Waals surface area contributed by atoms with E-state index in [0.717, 1.165) is 44.9 Å². The summed E-state index contributed by atoms with van der Waals surface area (Å²) in [7, 11) is 0. The first kappa shape index (κ1) is 77.3. The van der Waals surface area contributed by atoms with Crippen molar-refractivity contribution in [3.63, 3.8) is 0 Å². The van der Waals surface area contributed by atoms with E-state index in [0.29, 0.717) is 25.9 Å². The molecular weight excluding hydrogens is 971 g/mol. The van der Waals surface area contributed by atoms with Crippen LogP contribution in [0.5, 0.6) is 0 Å². The van der Waals surface area contributed by atoms with E-state index in [1.807, 2.05) is 0 Å². The Morgan fingerprint density at radius 3 is 0.899 bits per heavy atom. The lowest BCUT2D eigenvalue weighted by Crippen LogP contribution is -2.45. The Labute approximate surface area is 494 Å².